The number of hydrogen-bond acceptors (Lipinski definition) is 5. The number of methoxy groups -OCH3 is 1. The van der Waals surface area contributed by atoms with Crippen molar-refractivity contribution in [3.8, 4) is 5.88 Å². The highest BCUT2D eigenvalue weighted by Crippen LogP contribution is 2.31. The summed E-state index contributed by atoms with van der Waals surface area (Å²) in [6.07, 6.45) is 2.80. The van der Waals surface area contributed by atoms with Crippen molar-refractivity contribution in [1.29, 1.82) is 0 Å². The van der Waals surface area contributed by atoms with Crippen molar-refractivity contribution >= 4 is 11.7 Å². The maximum atomic E-state index is 14.7. The fourth-order valence-corrected chi connectivity index (χ4v) is 4.06. The van der Waals surface area contributed by atoms with Gasteiger partial charge in [0.1, 0.15) is 0 Å². The molecule has 0 unspecified atom stereocenters. The van der Waals surface area contributed by atoms with Gasteiger partial charge in [0.2, 0.25) is 11.8 Å². The van der Waals surface area contributed by atoms with Crippen molar-refractivity contribution in [2.75, 3.05) is 31.6 Å². The molecule has 29 heavy (non-hydrogen) atoms. The zero-order valence-electron chi connectivity index (χ0n) is 16.7. The average Bonchev–Trinajstić information content (AvgIpc) is 3.25. The molecule has 3 heterocycles. The molecule has 2 aliphatic heterocycles. The molecule has 7 heteroatoms. The molecule has 1 aromatic carbocycles. The van der Waals surface area contributed by atoms with E-state index in [0.717, 1.165) is 38.9 Å². The first-order chi connectivity index (χ1) is 14.1. The Morgan fingerprint density at radius 3 is 2.83 bits per heavy atom. The van der Waals surface area contributed by atoms with Crippen LogP contribution in [0.4, 0.5) is 10.2 Å². The lowest BCUT2D eigenvalue weighted by Crippen LogP contribution is -2.48. The van der Waals surface area contributed by atoms with E-state index >= 15 is 0 Å². The highest BCUT2D eigenvalue weighted by Gasteiger charge is 2.31. The van der Waals surface area contributed by atoms with Crippen LogP contribution in [0.5, 0.6) is 5.88 Å². The van der Waals surface area contributed by atoms with Crippen LogP contribution in [0.15, 0.2) is 36.4 Å². The van der Waals surface area contributed by atoms with Crippen LogP contribution in [0.25, 0.3) is 0 Å². The number of ether oxygens (including phenoxy) is 1. The quantitative estimate of drug-likeness (QED) is 0.749. The van der Waals surface area contributed by atoms with Crippen LogP contribution in [0.3, 0.4) is 0 Å². The highest BCUT2D eigenvalue weighted by molar-refractivity contribution is 5.82. The second kappa shape index (κ2) is 8.78. The highest BCUT2D eigenvalue weighted by atomic mass is 19.1. The van der Waals surface area contributed by atoms with Crippen LogP contribution in [0.1, 0.15) is 24.0 Å². The first-order valence-corrected chi connectivity index (χ1v) is 10.2. The molecule has 0 bridgehead atoms. The van der Waals surface area contributed by atoms with Crippen molar-refractivity contribution in [3.63, 3.8) is 0 Å². The lowest BCUT2D eigenvalue weighted by atomic mass is 9.92. The minimum absolute atomic E-state index is 0.0689. The molecule has 1 atom stereocenters. The van der Waals surface area contributed by atoms with Crippen molar-refractivity contribution in [2.24, 2.45) is 5.92 Å². The van der Waals surface area contributed by atoms with Crippen molar-refractivity contribution in [2.45, 2.75) is 31.8 Å². The number of carbonyl (C=O) groups is 1. The molecule has 0 radical (unpaired) electrons. The number of hydrogen-bond donors (Lipinski definition) is 2. The Kier molecular flexibility index (Phi) is 5.94. The largest absolute Gasteiger partial charge is 0.481 e. The van der Waals surface area contributed by atoms with E-state index in [-0.39, 0.29) is 24.3 Å². The van der Waals surface area contributed by atoms with Gasteiger partial charge in [0.05, 0.1) is 13.2 Å². The summed E-state index contributed by atoms with van der Waals surface area (Å²) in [7, 11) is 1.52. The first-order valence-electron chi connectivity index (χ1n) is 10.2. The van der Waals surface area contributed by atoms with Crippen LogP contribution in [0.2, 0.25) is 0 Å². The zero-order valence-corrected chi connectivity index (χ0v) is 16.7. The molecule has 2 aliphatic rings. The van der Waals surface area contributed by atoms with Gasteiger partial charge in [-0.15, -0.1) is 0 Å². The molecule has 2 N–H and O–H groups in total. The Morgan fingerprint density at radius 1 is 1.34 bits per heavy atom. The maximum Gasteiger partial charge on any atom is 0.237 e. The van der Waals surface area contributed by atoms with Gasteiger partial charge in [-0.2, -0.15) is 4.98 Å². The average molecular weight is 398 g/mol. The third kappa shape index (κ3) is 4.50. The van der Waals surface area contributed by atoms with Crippen LogP contribution in [-0.2, 0) is 17.8 Å². The van der Waals surface area contributed by atoms with Gasteiger partial charge in [-0.3, -0.25) is 4.79 Å². The van der Waals surface area contributed by atoms with E-state index in [4.69, 9.17) is 4.74 Å². The van der Waals surface area contributed by atoms with Crippen molar-refractivity contribution in [1.82, 2.24) is 15.6 Å². The first kappa shape index (κ1) is 19.6. The predicted octanol–water partition coefficient (Wildman–Crippen LogP) is 2.28. The summed E-state index contributed by atoms with van der Waals surface area (Å²) >= 11 is 0. The number of nitrogens with one attached hydrogen (secondary N) is 2. The van der Waals surface area contributed by atoms with E-state index in [0.29, 0.717) is 23.2 Å². The zero-order chi connectivity index (χ0) is 20.2. The third-order valence-electron chi connectivity index (χ3n) is 5.64. The number of carbonyl (C=O) groups excluding carboxylic acids is 1. The molecule has 154 valence electrons. The summed E-state index contributed by atoms with van der Waals surface area (Å²) in [5.41, 5.74) is 1.84. The number of halogens is 1. The molecule has 0 aliphatic carbocycles. The van der Waals surface area contributed by atoms with Crippen molar-refractivity contribution in [3.05, 3.63) is 53.3 Å². The van der Waals surface area contributed by atoms with Crippen LogP contribution < -0.4 is 20.3 Å². The molecule has 2 fully saturated rings. The Labute approximate surface area is 170 Å². The minimum Gasteiger partial charge on any atom is -0.481 e. The topological polar surface area (TPSA) is 66.5 Å². The van der Waals surface area contributed by atoms with E-state index in [1.165, 1.54) is 18.7 Å². The molecule has 2 saturated heterocycles. The summed E-state index contributed by atoms with van der Waals surface area (Å²) < 4.78 is 20.1. The van der Waals surface area contributed by atoms with Gasteiger partial charge in [-0.1, -0.05) is 30.3 Å². The summed E-state index contributed by atoms with van der Waals surface area (Å²) in [5.74, 6) is 0.710. The van der Waals surface area contributed by atoms with Gasteiger partial charge in [0.25, 0.3) is 0 Å². The fraction of sp³-hybridized carbons (Fsp3) is 0.455. The number of benzene rings is 1. The van der Waals surface area contributed by atoms with Crippen LogP contribution in [-0.4, -0.2) is 43.7 Å². The predicted molar refractivity (Wildman–Crippen MR) is 109 cm³/mol. The van der Waals surface area contributed by atoms with Gasteiger partial charge < -0.3 is 20.3 Å². The summed E-state index contributed by atoms with van der Waals surface area (Å²) in [4.78, 5) is 18.5. The maximum absolute atomic E-state index is 14.7. The molecule has 2 aromatic rings. The fourth-order valence-electron chi connectivity index (χ4n) is 4.06. The number of pyridine rings is 1. The van der Waals surface area contributed by atoms with Crippen molar-refractivity contribution < 1.29 is 13.9 Å². The Bertz CT molecular complexity index is 849. The molecule has 0 spiro atoms. The SMILES string of the molecule is COc1nc(N2CC(Cc3ccccc3)C2)c(F)cc1CNC(=O)[C@@H]1CCCN1. The minimum atomic E-state index is -0.382. The standard InChI is InChI=1S/C22H27FN4O2/c1-29-22-17(12-25-21(28)19-8-5-9-24-19)11-18(23)20(26-22)27-13-16(14-27)10-15-6-3-2-4-7-15/h2-4,6-7,11,16,19,24H,5,8-10,12-14H2,1H3,(H,25,28)/t19-/m0/s1. The number of aromatic nitrogens is 1. The third-order valence-corrected chi connectivity index (χ3v) is 5.64. The van der Waals surface area contributed by atoms with E-state index in [9.17, 15) is 9.18 Å². The van der Waals surface area contributed by atoms with Gasteiger partial charge in [-0.05, 0) is 43.4 Å². The molecule has 1 amide bonds. The molecule has 6 nitrogen and oxygen atoms in total. The second-order valence-electron chi connectivity index (χ2n) is 7.79. The van der Waals surface area contributed by atoms with Crippen LogP contribution >= 0.6 is 0 Å². The molecular weight excluding hydrogens is 371 g/mol. The molecule has 1 aromatic heterocycles. The molecule has 0 saturated carbocycles. The van der Waals surface area contributed by atoms with Gasteiger partial charge in [0, 0.05) is 25.2 Å². The monoisotopic (exact) mass is 398 g/mol. The van der Waals surface area contributed by atoms with E-state index in [1.54, 1.807) is 0 Å². The van der Waals surface area contributed by atoms with E-state index < -0.39 is 0 Å². The van der Waals surface area contributed by atoms with Gasteiger partial charge in [0.15, 0.2) is 11.6 Å². The summed E-state index contributed by atoms with van der Waals surface area (Å²) in [5, 5.41) is 6.01. The number of rotatable bonds is 7. The lowest BCUT2D eigenvalue weighted by molar-refractivity contribution is -0.122. The van der Waals surface area contributed by atoms with Crippen LogP contribution in [0, 0.1) is 11.7 Å². The number of anilines is 1. The second-order valence-corrected chi connectivity index (χ2v) is 7.79. The van der Waals surface area contributed by atoms with E-state index in [1.807, 2.05) is 23.1 Å². The molecular formula is C22H27FN4O2. The smallest absolute Gasteiger partial charge is 0.237 e. The Hall–Kier alpha value is -2.67. The Morgan fingerprint density at radius 2 is 2.14 bits per heavy atom. The van der Waals surface area contributed by atoms with Gasteiger partial charge in [-0.25, -0.2) is 4.39 Å². The molecule has 4 rings (SSSR count). The summed E-state index contributed by atoms with van der Waals surface area (Å²) in [6.45, 7) is 2.59. The number of nitrogens with zero attached hydrogens (tertiary/aromatic N) is 2. The van der Waals surface area contributed by atoms with Gasteiger partial charge >= 0.3 is 0 Å². The van der Waals surface area contributed by atoms with E-state index in [2.05, 4.69) is 27.8 Å². The number of amides is 1. The Balaban J connectivity index is 1.37. The normalized spacial score (nSPS) is 19.1. The lowest BCUT2D eigenvalue weighted by Gasteiger charge is -2.40. The summed E-state index contributed by atoms with van der Waals surface area (Å²) in [6, 6.07) is 11.6.